The van der Waals surface area contributed by atoms with Gasteiger partial charge in [0, 0.05) is 18.6 Å². The van der Waals surface area contributed by atoms with Gasteiger partial charge in [-0.25, -0.2) is 4.98 Å². The summed E-state index contributed by atoms with van der Waals surface area (Å²) in [6.45, 7) is 6.30. The number of thiazole rings is 1. The second-order valence-corrected chi connectivity index (χ2v) is 7.49. The molecule has 0 aliphatic heterocycles. The van der Waals surface area contributed by atoms with Crippen LogP contribution in [0.1, 0.15) is 28.5 Å². The fourth-order valence-corrected chi connectivity index (χ4v) is 3.64. The number of halogens is 2. The predicted molar refractivity (Wildman–Crippen MR) is 90.5 cm³/mol. The molecule has 0 saturated carbocycles. The van der Waals surface area contributed by atoms with Crippen molar-refractivity contribution in [2.75, 3.05) is 5.32 Å². The molecule has 2 aromatic rings. The molecule has 0 fully saturated rings. The zero-order valence-corrected chi connectivity index (χ0v) is 15.0. The average molecular weight is 437 g/mol. The molecule has 1 atom stereocenters. The smallest absolute Gasteiger partial charge is 0.0900 e. The average Bonchev–Trinajstić information content (AvgIpc) is 2.63. The summed E-state index contributed by atoms with van der Waals surface area (Å²) in [6.07, 6.45) is 0. The van der Waals surface area contributed by atoms with Crippen molar-refractivity contribution in [2.24, 2.45) is 0 Å². The normalized spacial score (nSPS) is 12.5. The van der Waals surface area contributed by atoms with Gasteiger partial charge in [-0.2, -0.15) is 0 Å². The molecule has 1 aromatic heterocycles. The number of aryl methyl sites for hydroxylation is 2. The molecular weight excluding hydrogens is 423 g/mol. The molecule has 1 heterocycles. The van der Waals surface area contributed by atoms with Crippen molar-refractivity contribution in [3.05, 3.63) is 41.8 Å². The van der Waals surface area contributed by atoms with Crippen LogP contribution in [0.15, 0.2) is 22.7 Å². The number of hydrogen-bond acceptors (Lipinski definition) is 3. The summed E-state index contributed by atoms with van der Waals surface area (Å²) >= 11 is 7.62. The number of rotatable bonds is 3. The Labute approximate surface area is 133 Å². The van der Waals surface area contributed by atoms with Crippen molar-refractivity contribution in [3.8, 4) is 0 Å². The monoisotopic (exact) mass is 436 g/mol. The van der Waals surface area contributed by atoms with Gasteiger partial charge in [-0.1, -0.05) is 15.9 Å². The van der Waals surface area contributed by atoms with E-state index in [9.17, 15) is 0 Å². The first-order valence-electron chi connectivity index (χ1n) is 5.63. The van der Waals surface area contributed by atoms with Crippen LogP contribution in [0.3, 0.4) is 0 Å². The van der Waals surface area contributed by atoms with Gasteiger partial charge in [-0.3, -0.25) is 0 Å². The topological polar surface area (TPSA) is 24.9 Å². The Bertz CT molecular complexity index is 568. The van der Waals surface area contributed by atoms with Crippen molar-refractivity contribution in [3.63, 3.8) is 0 Å². The maximum atomic E-state index is 4.48. The van der Waals surface area contributed by atoms with Gasteiger partial charge in [-0.05, 0) is 61.6 Å². The molecule has 1 N–H and O–H groups in total. The molecule has 0 aliphatic rings. The van der Waals surface area contributed by atoms with Crippen LogP contribution in [0.4, 0.5) is 5.69 Å². The van der Waals surface area contributed by atoms with E-state index in [1.54, 1.807) is 11.3 Å². The summed E-state index contributed by atoms with van der Waals surface area (Å²) in [4.78, 5) is 5.79. The first kappa shape index (κ1) is 14.3. The molecule has 2 rings (SSSR count). The highest BCUT2D eigenvalue weighted by molar-refractivity contribution is 14.1. The van der Waals surface area contributed by atoms with Gasteiger partial charge in [0.25, 0.3) is 0 Å². The van der Waals surface area contributed by atoms with Crippen LogP contribution >= 0.6 is 49.9 Å². The van der Waals surface area contributed by atoms with Gasteiger partial charge in [-0.15, -0.1) is 11.3 Å². The Hall–Kier alpha value is -0.140. The summed E-state index contributed by atoms with van der Waals surface area (Å²) in [5.41, 5.74) is 2.28. The van der Waals surface area contributed by atoms with Gasteiger partial charge < -0.3 is 5.32 Å². The van der Waals surface area contributed by atoms with Crippen molar-refractivity contribution >= 4 is 55.5 Å². The van der Waals surface area contributed by atoms with Crippen molar-refractivity contribution < 1.29 is 0 Å². The van der Waals surface area contributed by atoms with E-state index in [0.29, 0.717) is 0 Å². The SMILES string of the molecule is Cc1nc(C)c(C(C)Nc2cc(Br)ccc2I)s1. The zero-order chi connectivity index (χ0) is 13.3. The number of nitrogens with one attached hydrogen (secondary N) is 1. The second kappa shape index (κ2) is 5.88. The van der Waals surface area contributed by atoms with Crippen LogP contribution in [0.25, 0.3) is 0 Å². The molecule has 1 aromatic carbocycles. The molecule has 0 bridgehead atoms. The third-order valence-corrected chi connectivity index (χ3v) is 5.32. The zero-order valence-electron chi connectivity index (χ0n) is 10.4. The van der Waals surface area contributed by atoms with Crippen LogP contribution in [-0.2, 0) is 0 Å². The fourth-order valence-electron chi connectivity index (χ4n) is 1.86. The highest BCUT2D eigenvalue weighted by atomic mass is 127. The van der Waals surface area contributed by atoms with Gasteiger partial charge >= 0.3 is 0 Å². The van der Waals surface area contributed by atoms with E-state index in [2.05, 4.69) is 87.8 Å². The maximum Gasteiger partial charge on any atom is 0.0900 e. The molecule has 96 valence electrons. The van der Waals surface area contributed by atoms with Crippen molar-refractivity contribution in [2.45, 2.75) is 26.8 Å². The largest absolute Gasteiger partial charge is 0.377 e. The van der Waals surface area contributed by atoms with E-state index in [4.69, 9.17) is 0 Å². The molecule has 5 heteroatoms. The second-order valence-electron chi connectivity index (χ2n) is 4.17. The van der Waals surface area contributed by atoms with Gasteiger partial charge in [0.15, 0.2) is 0 Å². The van der Waals surface area contributed by atoms with E-state index in [1.165, 1.54) is 8.45 Å². The number of nitrogens with zero attached hydrogens (tertiary/aromatic N) is 1. The Balaban J connectivity index is 2.23. The van der Waals surface area contributed by atoms with Crippen LogP contribution in [0.5, 0.6) is 0 Å². The third kappa shape index (κ3) is 3.24. The van der Waals surface area contributed by atoms with E-state index in [-0.39, 0.29) is 6.04 Å². The number of anilines is 1. The molecule has 18 heavy (non-hydrogen) atoms. The first-order valence-corrected chi connectivity index (χ1v) is 8.31. The van der Waals surface area contributed by atoms with Crippen molar-refractivity contribution in [1.82, 2.24) is 4.98 Å². The lowest BCUT2D eigenvalue weighted by molar-refractivity contribution is 0.888. The van der Waals surface area contributed by atoms with Crippen molar-refractivity contribution in [1.29, 1.82) is 0 Å². The summed E-state index contributed by atoms with van der Waals surface area (Å²) in [6, 6.07) is 6.55. The minimum absolute atomic E-state index is 0.277. The minimum atomic E-state index is 0.277. The molecule has 0 spiro atoms. The van der Waals surface area contributed by atoms with Crippen LogP contribution in [-0.4, -0.2) is 4.98 Å². The highest BCUT2D eigenvalue weighted by Gasteiger charge is 2.13. The van der Waals surface area contributed by atoms with Crippen LogP contribution in [0.2, 0.25) is 0 Å². The molecule has 0 radical (unpaired) electrons. The third-order valence-electron chi connectivity index (χ3n) is 2.63. The van der Waals surface area contributed by atoms with Gasteiger partial charge in [0.1, 0.15) is 0 Å². The molecule has 0 amide bonds. The highest BCUT2D eigenvalue weighted by Crippen LogP contribution is 2.30. The molecule has 0 saturated heterocycles. The summed E-state index contributed by atoms with van der Waals surface area (Å²) in [5, 5.41) is 4.68. The standard InChI is InChI=1S/C13H14BrIN2S/c1-7-13(18-9(3)16-7)8(2)17-12-6-10(14)4-5-11(12)15/h4-6,8,17H,1-3H3. The maximum absolute atomic E-state index is 4.48. The van der Waals surface area contributed by atoms with E-state index >= 15 is 0 Å². The lowest BCUT2D eigenvalue weighted by Crippen LogP contribution is -2.07. The van der Waals surface area contributed by atoms with Crippen LogP contribution < -0.4 is 5.32 Å². The van der Waals surface area contributed by atoms with E-state index in [0.717, 1.165) is 20.9 Å². The van der Waals surface area contributed by atoms with Gasteiger partial charge in [0.05, 0.1) is 16.7 Å². The lowest BCUT2D eigenvalue weighted by Gasteiger charge is -2.16. The first-order chi connectivity index (χ1) is 8.47. The number of hydrogen-bond donors (Lipinski definition) is 1. The Morgan fingerprint density at radius 3 is 2.72 bits per heavy atom. The molecule has 1 unspecified atom stereocenters. The van der Waals surface area contributed by atoms with Crippen LogP contribution in [0, 0.1) is 17.4 Å². The molecular formula is C13H14BrIN2S. The summed E-state index contributed by atoms with van der Waals surface area (Å²) < 4.78 is 2.32. The predicted octanol–water partition coefficient (Wildman–Crippen LogP) is 5.30. The quantitative estimate of drug-likeness (QED) is 0.660. The fraction of sp³-hybridized carbons (Fsp3) is 0.308. The van der Waals surface area contributed by atoms with E-state index in [1.807, 2.05) is 0 Å². The van der Waals surface area contributed by atoms with Gasteiger partial charge in [0.2, 0.25) is 0 Å². The molecule has 2 nitrogen and oxygen atoms in total. The minimum Gasteiger partial charge on any atom is -0.377 e. The lowest BCUT2D eigenvalue weighted by atomic mass is 10.2. The molecule has 0 aliphatic carbocycles. The summed E-state index contributed by atoms with van der Waals surface area (Å²) in [7, 11) is 0. The Morgan fingerprint density at radius 2 is 2.11 bits per heavy atom. The Morgan fingerprint density at radius 1 is 1.39 bits per heavy atom. The van der Waals surface area contributed by atoms with E-state index < -0.39 is 0 Å². The number of benzene rings is 1. The Kier molecular flexibility index (Phi) is 4.66. The number of aromatic nitrogens is 1. The summed E-state index contributed by atoms with van der Waals surface area (Å²) in [5.74, 6) is 0.